The van der Waals surface area contributed by atoms with Gasteiger partial charge < -0.3 is 31.3 Å². The molecule has 0 bridgehead atoms. The molecule has 2 amide bonds. The Labute approximate surface area is 155 Å². The number of hydrogen-bond donors (Lipinski definition) is 5. The average molecular weight is 413 g/mol. The molecule has 0 aromatic heterocycles. The molecule has 2 atom stereocenters. The zero-order chi connectivity index (χ0) is 22.1. The Bertz CT molecular complexity index is 650. The third-order valence-electron chi connectivity index (χ3n) is 3.22. The molecule has 0 saturated carbocycles. The highest BCUT2D eigenvalue weighted by Crippen LogP contribution is 2.13. The van der Waals surface area contributed by atoms with Gasteiger partial charge in [-0.25, -0.2) is 9.59 Å². The topological polar surface area (TPSA) is 187 Å². The predicted molar refractivity (Wildman–Crippen MR) is 83.8 cm³/mol. The maximum absolute atomic E-state index is 12.0. The Morgan fingerprint density at radius 1 is 1.18 bits per heavy atom. The first kappa shape index (κ1) is 24.8. The summed E-state index contributed by atoms with van der Waals surface area (Å²) in [5, 5.41) is 26.9. The summed E-state index contributed by atoms with van der Waals surface area (Å²) in [6.45, 7) is -0.0339. The van der Waals surface area contributed by atoms with Gasteiger partial charge in [-0.3, -0.25) is 14.4 Å². The second kappa shape index (κ2) is 10.9. The number of nitrogens with two attached hydrogens (primary N) is 1. The van der Waals surface area contributed by atoms with E-state index in [4.69, 9.17) is 25.8 Å². The normalized spacial score (nSPS) is 16.6. The number of alkyl halides is 3. The molecular weight excluding hydrogens is 395 g/mol. The number of carbonyl (C=O) groups is 5. The van der Waals surface area contributed by atoms with Crippen LogP contribution >= 0.6 is 0 Å². The molecule has 0 fully saturated rings. The van der Waals surface area contributed by atoms with Gasteiger partial charge in [0.2, 0.25) is 11.8 Å². The van der Waals surface area contributed by atoms with E-state index in [0.717, 1.165) is 0 Å². The monoisotopic (exact) mass is 413 g/mol. The number of aliphatic carboxylic acids is 3. The van der Waals surface area contributed by atoms with Crippen LogP contribution in [0.15, 0.2) is 12.2 Å². The van der Waals surface area contributed by atoms with E-state index in [-0.39, 0.29) is 25.9 Å². The van der Waals surface area contributed by atoms with Crippen LogP contribution in [0.1, 0.15) is 12.8 Å². The number of nitrogens with one attached hydrogen (secondary N) is 1. The summed E-state index contributed by atoms with van der Waals surface area (Å²) in [6.07, 6.45) is -2.63. The van der Waals surface area contributed by atoms with E-state index in [0.29, 0.717) is 0 Å². The van der Waals surface area contributed by atoms with Crippen LogP contribution in [0.25, 0.3) is 0 Å². The number of nitrogens with zero attached hydrogens (tertiary/aromatic N) is 1. The van der Waals surface area contributed by atoms with Crippen molar-refractivity contribution >= 4 is 29.7 Å². The fraction of sp³-hybridized carbons (Fsp3) is 0.500. The molecule has 1 aliphatic rings. The largest absolute Gasteiger partial charge is 0.490 e. The summed E-state index contributed by atoms with van der Waals surface area (Å²) in [5.41, 5.74) is 5.23. The van der Waals surface area contributed by atoms with Crippen molar-refractivity contribution in [2.45, 2.75) is 31.1 Å². The van der Waals surface area contributed by atoms with Crippen molar-refractivity contribution in [2.24, 2.45) is 5.73 Å². The van der Waals surface area contributed by atoms with E-state index in [1.54, 1.807) is 6.08 Å². The first-order valence-corrected chi connectivity index (χ1v) is 7.52. The zero-order valence-electron chi connectivity index (χ0n) is 14.2. The lowest BCUT2D eigenvalue weighted by Gasteiger charge is -2.24. The Hall–Kier alpha value is -3.16. The van der Waals surface area contributed by atoms with Crippen molar-refractivity contribution in [2.75, 3.05) is 13.1 Å². The van der Waals surface area contributed by atoms with Gasteiger partial charge in [0, 0.05) is 13.0 Å². The Balaban J connectivity index is 0.000000887. The van der Waals surface area contributed by atoms with Crippen LogP contribution in [0.2, 0.25) is 0 Å². The molecule has 0 aromatic carbocycles. The minimum Gasteiger partial charge on any atom is -0.481 e. The van der Waals surface area contributed by atoms with Crippen molar-refractivity contribution in [1.82, 2.24) is 10.2 Å². The quantitative estimate of drug-likeness (QED) is 0.319. The molecule has 6 N–H and O–H groups in total. The molecule has 0 radical (unpaired) electrons. The highest BCUT2D eigenvalue weighted by molar-refractivity contribution is 5.93. The van der Waals surface area contributed by atoms with Crippen molar-refractivity contribution in [3.05, 3.63) is 12.2 Å². The first-order chi connectivity index (χ1) is 12.8. The summed E-state index contributed by atoms with van der Waals surface area (Å²) in [4.78, 5) is 55.2. The summed E-state index contributed by atoms with van der Waals surface area (Å²) < 4.78 is 31.7. The number of hydrogen-bond acceptors (Lipinski definition) is 6. The molecule has 1 aliphatic heterocycles. The molecule has 0 spiro atoms. The molecule has 158 valence electrons. The zero-order valence-corrected chi connectivity index (χ0v) is 14.2. The van der Waals surface area contributed by atoms with Crippen LogP contribution in [-0.4, -0.2) is 81.3 Å². The van der Waals surface area contributed by atoms with E-state index in [1.165, 1.54) is 11.0 Å². The molecule has 1 heterocycles. The van der Waals surface area contributed by atoms with Crippen LogP contribution in [0.4, 0.5) is 13.2 Å². The lowest BCUT2D eigenvalue weighted by atomic mass is 10.1. The SMILES string of the molecule is NCC(=O)N1CC=CC1C(=O)NC(CCC(=O)O)C(=O)O.O=C(O)C(F)(F)F. The molecule has 14 heteroatoms. The summed E-state index contributed by atoms with van der Waals surface area (Å²) >= 11 is 0. The minimum absolute atomic E-state index is 0.223. The summed E-state index contributed by atoms with van der Waals surface area (Å²) in [7, 11) is 0. The van der Waals surface area contributed by atoms with Crippen molar-refractivity contribution in [1.29, 1.82) is 0 Å². The number of carboxylic acid groups (broad SMARTS) is 3. The lowest BCUT2D eigenvalue weighted by Crippen LogP contribution is -2.52. The number of rotatable bonds is 7. The molecule has 11 nitrogen and oxygen atoms in total. The second-order valence-electron chi connectivity index (χ2n) is 5.26. The van der Waals surface area contributed by atoms with Crippen LogP contribution in [0.5, 0.6) is 0 Å². The predicted octanol–water partition coefficient (Wildman–Crippen LogP) is -1.22. The standard InChI is InChI=1S/C12H17N3O6.C2HF3O2/c13-6-9(16)15-5-1-2-8(15)11(19)14-7(12(20)21)3-4-10(17)18;3-2(4,5)1(6)7/h1-2,7-8H,3-6,13H2,(H,14,19)(H,17,18)(H,20,21);(H,6,7). The summed E-state index contributed by atoms with van der Waals surface area (Å²) in [6, 6.07) is -2.25. The number of carbonyl (C=O) groups excluding carboxylic acids is 2. The van der Waals surface area contributed by atoms with E-state index < -0.39 is 48.0 Å². The third kappa shape index (κ3) is 8.48. The molecule has 0 saturated heterocycles. The van der Waals surface area contributed by atoms with Gasteiger partial charge in [0.15, 0.2) is 0 Å². The van der Waals surface area contributed by atoms with Crippen LogP contribution < -0.4 is 11.1 Å². The van der Waals surface area contributed by atoms with Gasteiger partial charge in [-0.05, 0) is 6.42 Å². The molecular formula is C14H18F3N3O8. The second-order valence-corrected chi connectivity index (χ2v) is 5.26. The fourth-order valence-electron chi connectivity index (χ4n) is 1.91. The smallest absolute Gasteiger partial charge is 0.481 e. The average Bonchev–Trinajstić information content (AvgIpc) is 3.06. The maximum atomic E-state index is 12.0. The summed E-state index contributed by atoms with van der Waals surface area (Å²) in [5.74, 6) is -6.35. The van der Waals surface area contributed by atoms with Gasteiger partial charge in [-0.1, -0.05) is 12.2 Å². The molecule has 0 aromatic rings. The molecule has 28 heavy (non-hydrogen) atoms. The highest BCUT2D eigenvalue weighted by Gasteiger charge is 2.38. The Morgan fingerprint density at radius 3 is 2.11 bits per heavy atom. The molecule has 2 unspecified atom stereocenters. The van der Waals surface area contributed by atoms with Gasteiger partial charge >= 0.3 is 24.1 Å². The van der Waals surface area contributed by atoms with Gasteiger partial charge in [-0.15, -0.1) is 0 Å². The molecule has 1 rings (SSSR count). The number of halogens is 3. The number of carboxylic acids is 3. The van der Waals surface area contributed by atoms with Crippen LogP contribution in [-0.2, 0) is 24.0 Å². The van der Waals surface area contributed by atoms with E-state index in [1.807, 2.05) is 0 Å². The van der Waals surface area contributed by atoms with Gasteiger partial charge in [0.1, 0.15) is 12.1 Å². The van der Waals surface area contributed by atoms with Crippen molar-refractivity contribution in [3.8, 4) is 0 Å². The van der Waals surface area contributed by atoms with E-state index in [9.17, 15) is 32.3 Å². The number of amides is 2. The molecule has 0 aliphatic carbocycles. The van der Waals surface area contributed by atoms with Gasteiger partial charge in [-0.2, -0.15) is 13.2 Å². The minimum atomic E-state index is -5.08. The van der Waals surface area contributed by atoms with Crippen molar-refractivity contribution < 1.29 is 52.5 Å². The first-order valence-electron chi connectivity index (χ1n) is 7.52. The van der Waals surface area contributed by atoms with Crippen LogP contribution in [0, 0.1) is 0 Å². The Morgan fingerprint density at radius 2 is 1.71 bits per heavy atom. The maximum Gasteiger partial charge on any atom is 0.490 e. The van der Waals surface area contributed by atoms with Gasteiger partial charge in [0.25, 0.3) is 0 Å². The lowest BCUT2D eigenvalue weighted by molar-refractivity contribution is -0.192. The highest BCUT2D eigenvalue weighted by atomic mass is 19.4. The van der Waals surface area contributed by atoms with E-state index >= 15 is 0 Å². The Kier molecular flexibility index (Phi) is 9.63. The van der Waals surface area contributed by atoms with Gasteiger partial charge in [0.05, 0.1) is 6.54 Å². The fourth-order valence-corrected chi connectivity index (χ4v) is 1.91. The van der Waals surface area contributed by atoms with Crippen LogP contribution in [0.3, 0.4) is 0 Å². The third-order valence-corrected chi connectivity index (χ3v) is 3.22. The van der Waals surface area contributed by atoms with E-state index in [2.05, 4.69) is 5.32 Å². The van der Waals surface area contributed by atoms with Crippen molar-refractivity contribution in [3.63, 3.8) is 0 Å².